The number of nitrogens with zero attached hydrogens (tertiary/aromatic N) is 2. The molecule has 2 N–H and O–H groups in total. The summed E-state index contributed by atoms with van der Waals surface area (Å²) in [6, 6.07) is 15.5. The highest BCUT2D eigenvalue weighted by molar-refractivity contribution is 6.05. The average molecular weight is 349 g/mol. The van der Waals surface area contributed by atoms with E-state index in [0.29, 0.717) is 23.5 Å². The Morgan fingerprint density at radius 3 is 2.50 bits per heavy atom. The van der Waals surface area contributed by atoms with Crippen LogP contribution >= 0.6 is 0 Å². The van der Waals surface area contributed by atoms with Crippen LogP contribution in [0.15, 0.2) is 48.5 Å². The van der Waals surface area contributed by atoms with Gasteiger partial charge in [0.25, 0.3) is 5.91 Å². The van der Waals surface area contributed by atoms with E-state index in [9.17, 15) is 9.90 Å². The summed E-state index contributed by atoms with van der Waals surface area (Å²) in [7, 11) is 0. The third-order valence-electron chi connectivity index (χ3n) is 4.43. The topological polar surface area (TPSA) is 67.2 Å². The van der Waals surface area contributed by atoms with Gasteiger partial charge in [-0.15, -0.1) is 0 Å². The third kappa shape index (κ3) is 3.83. The van der Waals surface area contributed by atoms with E-state index >= 15 is 0 Å². The molecule has 0 saturated heterocycles. The lowest BCUT2D eigenvalue weighted by Gasteiger charge is -2.08. The van der Waals surface area contributed by atoms with Crippen LogP contribution in [-0.4, -0.2) is 20.8 Å². The van der Waals surface area contributed by atoms with Crippen molar-refractivity contribution in [1.82, 2.24) is 9.78 Å². The van der Waals surface area contributed by atoms with Crippen molar-refractivity contribution in [2.24, 2.45) is 0 Å². The summed E-state index contributed by atoms with van der Waals surface area (Å²) in [6.45, 7) is 6.38. The molecular formula is C21H23N3O2. The van der Waals surface area contributed by atoms with Gasteiger partial charge in [-0.1, -0.05) is 42.0 Å². The molecule has 3 aromatic rings. The second-order valence-corrected chi connectivity index (χ2v) is 6.50. The zero-order chi connectivity index (χ0) is 18.7. The number of aryl methyl sites for hydroxylation is 2. The number of hydrogen-bond donors (Lipinski definition) is 2. The molecule has 0 saturated carbocycles. The number of aromatic nitrogens is 2. The molecule has 1 amide bonds. The van der Waals surface area contributed by atoms with Crippen molar-refractivity contribution in [3.63, 3.8) is 0 Å². The average Bonchev–Trinajstić information content (AvgIpc) is 2.90. The number of aliphatic hydroxyl groups is 1. The molecule has 1 aromatic heterocycles. The Hall–Kier alpha value is -2.92. The number of aliphatic hydroxyl groups excluding tert-OH is 1. The molecule has 0 radical (unpaired) electrons. The van der Waals surface area contributed by atoms with Crippen molar-refractivity contribution in [2.75, 3.05) is 5.32 Å². The van der Waals surface area contributed by atoms with E-state index in [0.717, 1.165) is 16.8 Å². The number of benzene rings is 2. The van der Waals surface area contributed by atoms with Crippen LogP contribution in [0.25, 0.3) is 0 Å². The summed E-state index contributed by atoms with van der Waals surface area (Å²) in [4.78, 5) is 12.7. The first-order valence-corrected chi connectivity index (χ1v) is 8.58. The molecular weight excluding hydrogens is 326 g/mol. The summed E-state index contributed by atoms with van der Waals surface area (Å²) < 4.78 is 1.86. The number of amides is 1. The van der Waals surface area contributed by atoms with Crippen LogP contribution in [0.3, 0.4) is 0 Å². The maximum absolute atomic E-state index is 12.7. The molecule has 0 unspecified atom stereocenters. The summed E-state index contributed by atoms with van der Waals surface area (Å²) in [5.74, 6) is -0.190. The molecule has 0 aliphatic carbocycles. The van der Waals surface area contributed by atoms with Crippen molar-refractivity contribution >= 4 is 11.6 Å². The zero-order valence-electron chi connectivity index (χ0n) is 15.3. The van der Waals surface area contributed by atoms with Gasteiger partial charge in [-0.05, 0) is 44.0 Å². The first-order valence-electron chi connectivity index (χ1n) is 8.58. The number of carbonyl (C=O) groups is 1. The lowest BCUT2D eigenvalue weighted by atomic mass is 10.1. The van der Waals surface area contributed by atoms with Gasteiger partial charge in [-0.25, -0.2) is 0 Å². The van der Waals surface area contributed by atoms with Crippen molar-refractivity contribution < 1.29 is 9.90 Å². The molecule has 0 bridgehead atoms. The van der Waals surface area contributed by atoms with Crippen molar-refractivity contribution in [2.45, 2.75) is 33.9 Å². The molecule has 2 aromatic carbocycles. The van der Waals surface area contributed by atoms with Gasteiger partial charge >= 0.3 is 0 Å². The van der Waals surface area contributed by atoms with Crippen LogP contribution in [0.1, 0.15) is 38.4 Å². The van der Waals surface area contributed by atoms with Gasteiger partial charge in [0.2, 0.25) is 0 Å². The van der Waals surface area contributed by atoms with Crippen LogP contribution in [0, 0.1) is 20.8 Å². The SMILES string of the molecule is Cc1ccc(Cn2nc(C)c(C(=O)Nc3cccc(CO)c3)c2C)cc1. The minimum absolute atomic E-state index is 0.0593. The van der Waals surface area contributed by atoms with Crippen LogP contribution in [-0.2, 0) is 13.2 Å². The van der Waals surface area contributed by atoms with E-state index in [2.05, 4.69) is 41.6 Å². The molecule has 26 heavy (non-hydrogen) atoms. The molecule has 3 rings (SSSR count). The van der Waals surface area contributed by atoms with Gasteiger partial charge in [-0.2, -0.15) is 5.10 Å². The van der Waals surface area contributed by atoms with Gasteiger partial charge in [0.15, 0.2) is 0 Å². The first-order chi connectivity index (χ1) is 12.5. The standard InChI is InChI=1S/C21H23N3O2/c1-14-7-9-17(10-8-14)12-24-16(3)20(15(2)23-24)21(26)22-19-6-4-5-18(11-19)13-25/h4-11,25H,12-13H2,1-3H3,(H,22,26). The lowest BCUT2D eigenvalue weighted by Crippen LogP contribution is -2.14. The number of rotatable bonds is 5. The van der Waals surface area contributed by atoms with Gasteiger partial charge in [0.1, 0.15) is 0 Å². The van der Waals surface area contributed by atoms with Crippen molar-refractivity contribution in [3.05, 3.63) is 82.2 Å². The van der Waals surface area contributed by atoms with Gasteiger partial charge < -0.3 is 10.4 Å². The summed E-state index contributed by atoms with van der Waals surface area (Å²) in [6.07, 6.45) is 0. The Morgan fingerprint density at radius 2 is 1.81 bits per heavy atom. The molecule has 1 heterocycles. The highest BCUT2D eigenvalue weighted by Gasteiger charge is 2.19. The fourth-order valence-electron chi connectivity index (χ4n) is 2.99. The van der Waals surface area contributed by atoms with Gasteiger partial charge in [0.05, 0.1) is 24.4 Å². The molecule has 134 valence electrons. The molecule has 0 spiro atoms. The third-order valence-corrected chi connectivity index (χ3v) is 4.43. The Bertz CT molecular complexity index is 927. The highest BCUT2D eigenvalue weighted by atomic mass is 16.3. The predicted molar refractivity (Wildman–Crippen MR) is 102 cm³/mol. The second kappa shape index (κ2) is 7.54. The number of nitrogens with one attached hydrogen (secondary N) is 1. The quantitative estimate of drug-likeness (QED) is 0.739. The Morgan fingerprint density at radius 1 is 1.08 bits per heavy atom. The maximum Gasteiger partial charge on any atom is 0.259 e. The number of carbonyl (C=O) groups excluding carboxylic acids is 1. The smallest absolute Gasteiger partial charge is 0.259 e. The Balaban J connectivity index is 1.82. The fourth-order valence-corrected chi connectivity index (χ4v) is 2.99. The molecule has 0 atom stereocenters. The van der Waals surface area contributed by atoms with Crippen LogP contribution in [0.2, 0.25) is 0 Å². The van der Waals surface area contributed by atoms with Crippen molar-refractivity contribution in [1.29, 1.82) is 0 Å². The maximum atomic E-state index is 12.7. The highest BCUT2D eigenvalue weighted by Crippen LogP contribution is 2.18. The molecule has 5 nitrogen and oxygen atoms in total. The van der Waals surface area contributed by atoms with Gasteiger partial charge in [0, 0.05) is 11.4 Å². The molecule has 5 heteroatoms. The molecule has 0 fully saturated rings. The Labute approximate surface area is 153 Å². The number of anilines is 1. The largest absolute Gasteiger partial charge is 0.392 e. The summed E-state index contributed by atoms with van der Waals surface area (Å²) in [5.41, 5.74) is 5.89. The fraction of sp³-hybridized carbons (Fsp3) is 0.238. The van der Waals surface area contributed by atoms with Crippen molar-refractivity contribution in [3.8, 4) is 0 Å². The summed E-state index contributed by atoms with van der Waals surface area (Å²) in [5, 5.41) is 16.7. The van der Waals surface area contributed by atoms with E-state index in [1.54, 1.807) is 12.1 Å². The van der Waals surface area contributed by atoms with Gasteiger partial charge in [-0.3, -0.25) is 9.48 Å². The Kier molecular flexibility index (Phi) is 5.19. The lowest BCUT2D eigenvalue weighted by molar-refractivity contribution is 0.102. The predicted octanol–water partition coefficient (Wildman–Crippen LogP) is 3.60. The normalized spacial score (nSPS) is 10.8. The summed E-state index contributed by atoms with van der Waals surface area (Å²) >= 11 is 0. The number of hydrogen-bond acceptors (Lipinski definition) is 3. The first kappa shape index (κ1) is 17.9. The van der Waals surface area contributed by atoms with E-state index in [4.69, 9.17) is 0 Å². The second-order valence-electron chi connectivity index (χ2n) is 6.50. The minimum Gasteiger partial charge on any atom is -0.392 e. The monoisotopic (exact) mass is 349 g/mol. The van der Waals surface area contributed by atoms with Crippen LogP contribution in [0.5, 0.6) is 0 Å². The van der Waals surface area contributed by atoms with E-state index in [1.165, 1.54) is 5.56 Å². The minimum atomic E-state index is -0.190. The van der Waals surface area contributed by atoms with E-state index < -0.39 is 0 Å². The van der Waals surface area contributed by atoms with Crippen LogP contribution in [0.4, 0.5) is 5.69 Å². The van der Waals surface area contributed by atoms with E-state index in [1.807, 2.05) is 30.7 Å². The molecule has 0 aliphatic heterocycles. The van der Waals surface area contributed by atoms with Crippen LogP contribution < -0.4 is 5.32 Å². The molecule has 0 aliphatic rings. The van der Waals surface area contributed by atoms with E-state index in [-0.39, 0.29) is 12.5 Å². The zero-order valence-corrected chi connectivity index (χ0v) is 15.3.